The molecule has 0 saturated carbocycles. The number of hydrogen-bond donors (Lipinski definition) is 1. The third-order valence-electron chi connectivity index (χ3n) is 6.36. The first-order valence-corrected chi connectivity index (χ1v) is 12.1. The van der Waals surface area contributed by atoms with Crippen LogP contribution in [0.2, 0.25) is 0 Å². The molecule has 2 heterocycles. The molecule has 1 fully saturated rings. The summed E-state index contributed by atoms with van der Waals surface area (Å²) in [7, 11) is 2.94. The lowest BCUT2D eigenvalue weighted by Crippen LogP contribution is -2.51. The van der Waals surface area contributed by atoms with Gasteiger partial charge >= 0.3 is 5.97 Å². The molecule has 190 valence electrons. The molecule has 2 amide bonds. The number of hydrogen-bond acceptors (Lipinski definition) is 8. The summed E-state index contributed by atoms with van der Waals surface area (Å²) >= 11 is 5.25. The third kappa shape index (κ3) is 5.80. The number of allylic oxidation sites excluding steroid dienone is 1. The van der Waals surface area contributed by atoms with Gasteiger partial charge in [0.2, 0.25) is 16.9 Å². The number of fused-ring (bicyclic) bond motifs is 1. The number of methoxy groups -OCH3 is 2. The summed E-state index contributed by atoms with van der Waals surface area (Å²) in [6, 6.07) is 8.04. The fourth-order valence-corrected chi connectivity index (χ4v) is 4.57. The number of rotatable bonds is 8. The van der Waals surface area contributed by atoms with Crippen LogP contribution in [0.5, 0.6) is 5.75 Å². The highest BCUT2D eigenvalue weighted by molar-refractivity contribution is 7.80. The molecule has 4 rings (SSSR count). The van der Waals surface area contributed by atoms with E-state index in [1.807, 2.05) is 12.1 Å². The molecule has 0 aromatic heterocycles. The maximum Gasteiger partial charge on any atom is 0.337 e. The van der Waals surface area contributed by atoms with Gasteiger partial charge in [-0.15, -0.1) is 0 Å². The maximum atomic E-state index is 12.9. The van der Waals surface area contributed by atoms with Crippen LogP contribution in [0.15, 0.2) is 53.1 Å². The lowest BCUT2D eigenvalue weighted by Gasteiger charge is -2.36. The number of carbonyl (C=O) groups excluding carboxylic acids is 3. The zero-order chi connectivity index (χ0) is 25.7. The fraction of sp³-hybridized carbons (Fsp3) is 0.400. The smallest absolute Gasteiger partial charge is 0.337 e. The molecule has 0 bridgehead atoms. The normalized spacial score (nSPS) is 19.9. The first kappa shape index (κ1) is 25.5. The Morgan fingerprint density at radius 1 is 1.14 bits per heavy atom. The minimum absolute atomic E-state index is 0.00631. The highest BCUT2D eigenvalue weighted by Crippen LogP contribution is 2.23. The number of nitrogens with zero attached hydrogens (tertiary/aromatic N) is 4. The Labute approximate surface area is 215 Å². The van der Waals surface area contributed by atoms with Crippen LogP contribution in [-0.4, -0.2) is 98.4 Å². The first-order valence-electron chi connectivity index (χ1n) is 11.7. The molecule has 1 unspecified atom stereocenters. The summed E-state index contributed by atoms with van der Waals surface area (Å²) in [6.07, 6.45) is 4.59. The number of carbonyl (C=O) groups is 3. The maximum absolute atomic E-state index is 12.9. The number of amides is 2. The Morgan fingerprint density at radius 3 is 2.53 bits per heavy atom. The summed E-state index contributed by atoms with van der Waals surface area (Å²) in [4.78, 5) is 47.3. The highest BCUT2D eigenvalue weighted by atomic mass is 32.1. The predicted molar refractivity (Wildman–Crippen MR) is 139 cm³/mol. The Bertz CT molecular complexity index is 1120. The molecule has 10 nitrogen and oxygen atoms in total. The van der Waals surface area contributed by atoms with Gasteiger partial charge in [-0.05, 0) is 42.6 Å². The van der Waals surface area contributed by atoms with E-state index >= 15 is 0 Å². The quantitative estimate of drug-likeness (QED) is 0.404. The van der Waals surface area contributed by atoms with Crippen molar-refractivity contribution in [3.05, 3.63) is 48.1 Å². The Morgan fingerprint density at radius 2 is 1.86 bits per heavy atom. The predicted octanol–water partition coefficient (Wildman–Crippen LogP) is 0.787. The van der Waals surface area contributed by atoms with E-state index in [-0.39, 0.29) is 23.5 Å². The number of aliphatic imine (C=N–C) groups is 1. The van der Waals surface area contributed by atoms with Gasteiger partial charge in [0.05, 0.1) is 31.4 Å². The molecule has 1 atom stereocenters. The lowest BCUT2D eigenvalue weighted by molar-refractivity contribution is -0.135. The molecule has 1 aromatic carbocycles. The summed E-state index contributed by atoms with van der Waals surface area (Å²) in [6.45, 7) is 4.58. The van der Waals surface area contributed by atoms with E-state index in [0.29, 0.717) is 17.8 Å². The van der Waals surface area contributed by atoms with Gasteiger partial charge in [-0.25, -0.2) is 9.79 Å². The monoisotopic (exact) mass is 511 g/mol. The van der Waals surface area contributed by atoms with E-state index in [1.165, 1.54) is 29.8 Å². The van der Waals surface area contributed by atoms with Crippen molar-refractivity contribution in [1.29, 1.82) is 0 Å². The van der Waals surface area contributed by atoms with E-state index < -0.39 is 11.9 Å². The molecular formula is C25H29N5O5S. The van der Waals surface area contributed by atoms with E-state index in [1.54, 1.807) is 13.2 Å². The van der Waals surface area contributed by atoms with Gasteiger partial charge in [0.25, 0.3) is 0 Å². The molecule has 3 aliphatic rings. The molecule has 36 heavy (non-hydrogen) atoms. The summed E-state index contributed by atoms with van der Waals surface area (Å²) in [5.74, 6) is -1.00. The number of piperazine rings is 1. The van der Waals surface area contributed by atoms with Crippen molar-refractivity contribution in [2.45, 2.75) is 0 Å². The number of ether oxygens (including phenoxy) is 2. The molecule has 1 aromatic rings. The van der Waals surface area contributed by atoms with Crippen molar-refractivity contribution in [3.63, 3.8) is 0 Å². The molecule has 0 spiro atoms. The molecule has 1 saturated heterocycles. The van der Waals surface area contributed by atoms with Gasteiger partial charge in [0, 0.05) is 45.0 Å². The zero-order valence-electron chi connectivity index (χ0n) is 20.3. The molecule has 2 aliphatic heterocycles. The second-order valence-corrected chi connectivity index (χ2v) is 8.91. The van der Waals surface area contributed by atoms with Crippen LogP contribution in [-0.2, 0) is 19.1 Å². The Kier molecular flexibility index (Phi) is 8.11. The third-order valence-corrected chi connectivity index (χ3v) is 6.67. The van der Waals surface area contributed by atoms with Crippen molar-refractivity contribution in [1.82, 2.24) is 15.1 Å². The number of nitrogens with one attached hydrogen (secondary N) is 1. The van der Waals surface area contributed by atoms with Crippen LogP contribution in [0.4, 0.5) is 5.69 Å². The molecule has 11 heteroatoms. The van der Waals surface area contributed by atoms with Gasteiger partial charge in [0.1, 0.15) is 12.3 Å². The van der Waals surface area contributed by atoms with Crippen molar-refractivity contribution >= 4 is 46.5 Å². The number of thiocarbonyl (C=S) groups is 1. The topological polar surface area (TPSA) is 104 Å². The van der Waals surface area contributed by atoms with E-state index in [9.17, 15) is 14.4 Å². The second-order valence-electron chi connectivity index (χ2n) is 8.55. The van der Waals surface area contributed by atoms with Crippen molar-refractivity contribution in [2.24, 2.45) is 10.9 Å². The molecule has 1 N–H and O–H groups in total. The minimum atomic E-state index is -0.681. The number of benzene rings is 1. The van der Waals surface area contributed by atoms with Gasteiger partial charge in [-0.1, -0.05) is 12.2 Å². The standard InChI is InChI=1S/C25H29N5O5S/c1-34-19-6-4-18(5-7-19)29-13-11-28(12-14-29)10-9-26-22(31)16-30-23(32)20-8-3-17(24(33)35-2)15-21(20)27-25(30)36/h3-8,15,20H,9-14,16H2,1-2H3,(H,26,31). The zero-order valence-corrected chi connectivity index (χ0v) is 21.1. The first-order chi connectivity index (χ1) is 17.4. The number of esters is 1. The van der Waals surface area contributed by atoms with E-state index in [2.05, 4.69) is 32.2 Å². The van der Waals surface area contributed by atoms with Gasteiger partial charge in [-0.3, -0.25) is 19.4 Å². The van der Waals surface area contributed by atoms with Crippen LogP contribution in [0, 0.1) is 5.92 Å². The van der Waals surface area contributed by atoms with E-state index in [0.717, 1.165) is 38.5 Å². The largest absolute Gasteiger partial charge is 0.497 e. The number of anilines is 1. The second kappa shape index (κ2) is 11.4. The summed E-state index contributed by atoms with van der Waals surface area (Å²) in [5, 5.41) is 2.88. The molecule has 1 aliphatic carbocycles. The molecule has 0 radical (unpaired) electrons. The van der Waals surface area contributed by atoms with Crippen molar-refractivity contribution in [2.75, 3.05) is 64.9 Å². The average molecular weight is 512 g/mol. The van der Waals surface area contributed by atoms with Crippen LogP contribution < -0.4 is 15.0 Å². The van der Waals surface area contributed by atoms with Crippen molar-refractivity contribution in [3.8, 4) is 5.75 Å². The van der Waals surface area contributed by atoms with Gasteiger partial charge < -0.3 is 19.7 Å². The fourth-order valence-electron chi connectivity index (χ4n) is 4.31. The van der Waals surface area contributed by atoms with Crippen LogP contribution in [0.25, 0.3) is 0 Å². The SMILES string of the molecule is COC(=O)C1=CC2=NC(=S)N(CC(=O)NCCN3CCN(c4ccc(OC)cc4)CC3)C(=O)C2C=C1. The highest BCUT2D eigenvalue weighted by Gasteiger charge is 2.36. The Balaban J connectivity index is 1.22. The summed E-state index contributed by atoms with van der Waals surface area (Å²) < 4.78 is 9.93. The van der Waals surface area contributed by atoms with Crippen LogP contribution in [0.1, 0.15) is 0 Å². The van der Waals surface area contributed by atoms with Gasteiger partial charge in [-0.2, -0.15) is 0 Å². The Hall–Kier alpha value is -3.57. The van der Waals surface area contributed by atoms with Gasteiger partial charge in [0.15, 0.2) is 0 Å². The lowest BCUT2D eigenvalue weighted by atomic mass is 9.92. The summed E-state index contributed by atoms with van der Waals surface area (Å²) in [5.41, 5.74) is 1.83. The average Bonchev–Trinajstić information content (AvgIpc) is 2.90. The van der Waals surface area contributed by atoms with E-state index in [4.69, 9.17) is 21.7 Å². The minimum Gasteiger partial charge on any atom is -0.497 e. The van der Waals surface area contributed by atoms with Crippen LogP contribution >= 0.6 is 12.2 Å². The molecular weight excluding hydrogens is 482 g/mol. The van der Waals surface area contributed by atoms with Crippen LogP contribution in [0.3, 0.4) is 0 Å². The van der Waals surface area contributed by atoms with Crippen molar-refractivity contribution < 1.29 is 23.9 Å².